The number of thiophene rings is 1. The number of rotatable bonds is 5. The van der Waals surface area contributed by atoms with E-state index in [-0.39, 0.29) is 48.2 Å². The number of imide groups is 2. The number of hydrogen-bond acceptors (Lipinski definition) is 7. The number of phenolic OH excluding ortho intramolecular Hbond substituents is 1. The SMILES string of the molecule is COc1ccc(O)c([C@H]2C3=CC[C@@H]4C(=O)N(Cc5cccs5)C(=O)[C@@H]4[C@@H]3C[C@@]3(Cl)C(=O)N(c4ccc(F)cc4)C(=O)[C@@]23Cl)c1. The van der Waals surface area contributed by atoms with Crippen molar-refractivity contribution in [1.29, 1.82) is 0 Å². The van der Waals surface area contributed by atoms with Crippen LogP contribution in [0.1, 0.15) is 29.2 Å². The number of halogens is 3. The molecule has 4 aliphatic rings. The van der Waals surface area contributed by atoms with Crippen molar-refractivity contribution in [2.75, 3.05) is 12.0 Å². The van der Waals surface area contributed by atoms with Gasteiger partial charge < -0.3 is 9.84 Å². The van der Waals surface area contributed by atoms with Gasteiger partial charge in [0.1, 0.15) is 17.3 Å². The molecule has 2 saturated heterocycles. The Morgan fingerprint density at radius 1 is 1.02 bits per heavy atom. The number of carbonyl (C=O) groups excluding carboxylic acids is 4. The fourth-order valence-corrected chi connectivity index (χ4v) is 9.03. The molecule has 226 valence electrons. The van der Waals surface area contributed by atoms with E-state index < -0.39 is 51.1 Å². The summed E-state index contributed by atoms with van der Waals surface area (Å²) in [6, 6.07) is 12.9. The summed E-state index contributed by atoms with van der Waals surface area (Å²) in [4.78, 5) is 55.0. The van der Waals surface area contributed by atoms with Crippen LogP contribution in [-0.2, 0) is 25.7 Å². The van der Waals surface area contributed by atoms with Crippen molar-refractivity contribution in [3.63, 3.8) is 0 Å². The van der Waals surface area contributed by atoms with Gasteiger partial charge in [-0.15, -0.1) is 34.5 Å². The lowest BCUT2D eigenvalue weighted by atomic mass is 9.56. The van der Waals surface area contributed by atoms with Crippen molar-refractivity contribution in [3.05, 3.63) is 87.9 Å². The Balaban J connectivity index is 1.40. The predicted molar refractivity (Wildman–Crippen MR) is 161 cm³/mol. The molecule has 0 unspecified atom stereocenters. The molecule has 6 atom stereocenters. The van der Waals surface area contributed by atoms with Crippen molar-refractivity contribution in [2.24, 2.45) is 17.8 Å². The Morgan fingerprint density at radius 2 is 1.77 bits per heavy atom. The quantitative estimate of drug-likeness (QED) is 0.226. The molecule has 44 heavy (non-hydrogen) atoms. The van der Waals surface area contributed by atoms with Crippen molar-refractivity contribution in [1.82, 2.24) is 4.90 Å². The van der Waals surface area contributed by atoms with Crippen LogP contribution in [0.3, 0.4) is 0 Å². The number of methoxy groups -OCH3 is 1. The maximum absolute atomic E-state index is 14.4. The fraction of sp³-hybridized carbons (Fsp3) is 0.312. The van der Waals surface area contributed by atoms with Crippen molar-refractivity contribution in [2.45, 2.75) is 35.1 Å². The lowest BCUT2D eigenvalue weighted by molar-refractivity contribution is -0.141. The molecular weight excluding hydrogens is 630 g/mol. The summed E-state index contributed by atoms with van der Waals surface area (Å²) in [5.74, 6) is -6.23. The maximum Gasteiger partial charge on any atom is 0.258 e. The van der Waals surface area contributed by atoms with E-state index in [9.17, 15) is 28.7 Å². The average molecular weight is 656 g/mol. The van der Waals surface area contributed by atoms with Gasteiger partial charge in [-0.2, -0.15) is 0 Å². The third kappa shape index (κ3) is 3.87. The summed E-state index contributed by atoms with van der Waals surface area (Å²) < 4.78 is 19.2. The number of phenols is 1. The second kappa shape index (κ2) is 10.2. The second-order valence-electron chi connectivity index (χ2n) is 11.5. The highest BCUT2D eigenvalue weighted by Crippen LogP contribution is 2.66. The van der Waals surface area contributed by atoms with Gasteiger partial charge in [0.15, 0.2) is 9.75 Å². The number of benzene rings is 2. The van der Waals surface area contributed by atoms with E-state index in [2.05, 4.69) is 0 Å². The maximum atomic E-state index is 14.4. The molecule has 0 bridgehead atoms. The van der Waals surface area contributed by atoms with Crippen LogP contribution in [0, 0.1) is 23.6 Å². The number of ether oxygens (including phenoxy) is 1. The molecule has 1 saturated carbocycles. The van der Waals surface area contributed by atoms with E-state index in [1.54, 1.807) is 6.08 Å². The standard InChI is InChI=1S/C32H25Cl2FN2O6S/c1-43-18-8-11-24(38)22(13-18)26-20-9-10-21-25(28(40)36(27(21)39)15-19-3-2-12-44-19)23(20)14-31(33)29(41)37(30(42)32(26,31)34)17-6-4-16(35)5-7-17/h2-9,11-13,21,23,25-26,38H,10,14-15H2,1H3/t21-,23+,25-,26+,31+,32-/m0/s1. The van der Waals surface area contributed by atoms with E-state index in [4.69, 9.17) is 27.9 Å². The largest absolute Gasteiger partial charge is 0.508 e. The molecular formula is C32H25Cl2FN2O6S. The van der Waals surface area contributed by atoms with Crippen LogP contribution in [0.25, 0.3) is 0 Å². The first kappa shape index (κ1) is 29.0. The molecule has 3 aromatic rings. The summed E-state index contributed by atoms with van der Waals surface area (Å²) in [5, 5.41) is 13.0. The van der Waals surface area contributed by atoms with Gasteiger partial charge in [0.25, 0.3) is 11.8 Å². The normalized spacial score (nSPS) is 31.1. The van der Waals surface area contributed by atoms with Crippen LogP contribution in [0.5, 0.6) is 11.5 Å². The van der Waals surface area contributed by atoms with Gasteiger partial charge in [-0.05, 0) is 72.7 Å². The molecule has 0 spiro atoms. The van der Waals surface area contributed by atoms with Gasteiger partial charge in [-0.25, -0.2) is 9.29 Å². The molecule has 12 heteroatoms. The van der Waals surface area contributed by atoms with Gasteiger partial charge in [0.2, 0.25) is 11.8 Å². The third-order valence-corrected chi connectivity index (χ3v) is 11.7. The Labute approximate surface area is 265 Å². The topological polar surface area (TPSA) is 104 Å². The van der Waals surface area contributed by atoms with Gasteiger partial charge >= 0.3 is 0 Å². The number of likely N-dealkylation sites (tertiary alicyclic amines) is 1. The molecule has 3 heterocycles. The molecule has 0 radical (unpaired) electrons. The first-order valence-electron chi connectivity index (χ1n) is 14.0. The first-order valence-corrected chi connectivity index (χ1v) is 15.6. The number of amides is 4. The monoisotopic (exact) mass is 654 g/mol. The number of allylic oxidation sites excluding steroid dienone is 2. The Kier molecular flexibility index (Phi) is 6.69. The van der Waals surface area contributed by atoms with Gasteiger partial charge in [-0.1, -0.05) is 17.7 Å². The van der Waals surface area contributed by atoms with E-state index in [1.165, 1.54) is 53.7 Å². The van der Waals surface area contributed by atoms with Gasteiger partial charge in [0.05, 0.1) is 31.2 Å². The van der Waals surface area contributed by atoms with Crippen molar-refractivity contribution >= 4 is 63.9 Å². The summed E-state index contributed by atoms with van der Waals surface area (Å²) in [6.07, 6.45) is 1.80. The number of nitrogens with zero attached hydrogens (tertiary/aromatic N) is 2. The highest BCUT2D eigenvalue weighted by molar-refractivity contribution is 7.09. The van der Waals surface area contributed by atoms with Crippen LogP contribution in [0.2, 0.25) is 0 Å². The Morgan fingerprint density at radius 3 is 2.45 bits per heavy atom. The highest BCUT2D eigenvalue weighted by Gasteiger charge is 2.76. The summed E-state index contributed by atoms with van der Waals surface area (Å²) in [6.45, 7) is 0.131. The molecule has 2 aliphatic carbocycles. The average Bonchev–Trinajstić information content (AvgIpc) is 3.65. The zero-order valence-electron chi connectivity index (χ0n) is 23.2. The molecule has 7 rings (SSSR count). The smallest absolute Gasteiger partial charge is 0.258 e. The van der Waals surface area contributed by atoms with Crippen LogP contribution in [0.4, 0.5) is 10.1 Å². The Hall–Kier alpha value is -3.73. The van der Waals surface area contributed by atoms with E-state index in [1.807, 2.05) is 17.5 Å². The van der Waals surface area contributed by atoms with Crippen LogP contribution in [0.15, 0.2) is 71.6 Å². The molecule has 1 N–H and O–H groups in total. The summed E-state index contributed by atoms with van der Waals surface area (Å²) in [5.41, 5.74) is 0.809. The molecule has 2 aliphatic heterocycles. The summed E-state index contributed by atoms with van der Waals surface area (Å²) >= 11 is 16.1. The van der Waals surface area contributed by atoms with Crippen molar-refractivity contribution in [3.8, 4) is 11.5 Å². The minimum absolute atomic E-state index is 0.0773. The molecule has 2 aromatic carbocycles. The second-order valence-corrected chi connectivity index (χ2v) is 13.8. The first-order chi connectivity index (χ1) is 21.0. The zero-order valence-corrected chi connectivity index (χ0v) is 25.5. The van der Waals surface area contributed by atoms with E-state index >= 15 is 0 Å². The molecule has 8 nitrogen and oxygen atoms in total. The number of aromatic hydroxyl groups is 1. The van der Waals surface area contributed by atoms with Gasteiger partial charge in [-0.3, -0.25) is 24.1 Å². The number of hydrogen-bond donors (Lipinski definition) is 1. The predicted octanol–water partition coefficient (Wildman–Crippen LogP) is 5.37. The van der Waals surface area contributed by atoms with E-state index in [0.717, 1.165) is 21.9 Å². The fourth-order valence-electron chi connectivity index (χ4n) is 7.41. The number of fused-ring (bicyclic) bond motifs is 4. The van der Waals surface area contributed by atoms with Gasteiger partial charge in [0, 0.05) is 16.4 Å². The Bertz CT molecular complexity index is 1760. The van der Waals surface area contributed by atoms with E-state index in [0.29, 0.717) is 11.3 Å². The lowest BCUT2D eigenvalue weighted by Gasteiger charge is -2.50. The summed E-state index contributed by atoms with van der Waals surface area (Å²) in [7, 11) is 1.44. The minimum atomic E-state index is -2.15. The van der Waals surface area contributed by atoms with Crippen molar-refractivity contribution < 1.29 is 33.4 Å². The van der Waals surface area contributed by atoms with Crippen LogP contribution in [-0.4, -0.2) is 50.5 Å². The third-order valence-electron chi connectivity index (χ3n) is 9.43. The molecule has 1 aromatic heterocycles. The number of carbonyl (C=O) groups is 4. The minimum Gasteiger partial charge on any atom is -0.508 e. The highest BCUT2D eigenvalue weighted by atomic mass is 35.5. The van der Waals surface area contributed by atoms with Crippen LogP contribution >= 0.6 is 34.5 Å². The molecule has 4 amide bonds. The zero-order chi connectivity index (χ0) is 31.1. The number of anilines is 1. The van der Waals surface area contributed by atoms with Crippen LogP contribution < -0.4 is 9.64 Å². The number of alkyl halides is 2. The molecule has 3 fully saturated rings. The lowest BCUT2D eigenvalue weighted by Crippen LogP contribution is -2.60.